The largest absolute Gasteiger partial charge is 0.399 e. The zero-order valence-corrected chi connectivity index (χ0v) is 8.22. The number of nitrogens with zero attached hydrogens (tertiary/aromatic N) is 1. The van der Waals surface area contributed by atoms with E-state index in [0.717, 1.165) is 12.1 Å². The van der Waals surface area contributed by atoms with Crippen molar-refractivity contribution in [1.82, 2.24) is 0 Å². The van der Waals surface area contributed by atoms with Crippen molar-refractivity contribution in [1.29, 1.82) is 0 Å². The van der Waals surface area contributed by atoms with Crippen LogP contribution in [-0.4, -0.2) is 24.7 Å². The predicted molar refractivity (Wildman–Crippen MR) is 56.5 cm³/mol. The number of fused-ring (bicyclic) bond motifs is 2. The molecule has 1 aromatic carbocycles. The molecule has 2 aliphatic heterocycles. The SMILES string of the molecule is Nc1ccc(N2C(=O)C3CC2CO3)cc1. The molecule has 78 valence electrons. The molecule has 4 nitrogen and oxygen atoms in total. The summed E-state index contributed by atoms with van der Waals surface area (Å²) in [7, 11) is 0. The third-order valence-electron chi connectivity index (χ3n) is 3.03. The predicted octanol–water partition coefficient (Wildman–Crippen LogP) is 0.773. The molecule has 2 atom stereocenters. The molecule has 0 spiro atoms. The van der Waals surface area contributed by atoms with Crippen molar-refractivity contribution in [2.45, 2.75) is 18.6 Å². The summed E-state index contributed by atoms with van der Waals surface area (Å²) >= 11 is 0. The van der Waals surface area contributed by atoms with Gasteiger partial charge in [-0.3, -0.25) is 4.79 Å². The van der Waals surface area contributed by atoms with Crippen LogP contribution < -0.4 is 10.6 Å². The third-order valence-corrected chi connectivity index (χ3v) is 3.03. The molecular formula is C11H12N2O2. The minimum absolute atomic E-state index is 0.0796. The van der Waals surface area contributed by atoms with Gasteiger partial charge < -0.3 is 15.4 Å². The smallest absolute Gasteiger partial charge is 0.256 e. The van der Waals surface area contributed by atoms with Crippen molar-refractivity contribution in [3.05, 3.63) is 24.3 Å². The first-order valence-electron chi connectivity index (χ1n) is 5.06. The summed E-state index contributed by atoms with van der Waals surface area (Å²) in [4.78, 5) is 13.6. The van der Waals surface area contributed by atoms with Crippen molar-refractivity contribution < 1.29 is 9.53 Å². The second-order valence-corrected chi connectivity index (χ2v) is 4.01. The molecule has 1 aromatic rings. The fraction of sp³-hybridized carbons (Fsp3) is 0.364. The van der Waals surface area contributed by atoms with Crippen LogP contribution in [-0.2, 0) is 9.53 Å². The van der Waals surface area contributed by atoms with Gasteiger partial charge in [-0.15, -0.1) is 0 Å². The number of ether oxygens (including phenoxy) is 1. The van der Waals surface area contributed by atoms with Gasteiger partial charge in [0.2, 0.25) is 0 Å². The Morgan fingerprint density at radius 2 is 2.07 bits per heavy atom. The van der Waals surface area contributed by atoms with Crippen molar-refractivity contribution in [2.75, 3.05) is 17.2 Å². The topological polar surface area (TPSA) is 55.6 Å². The zero-order valence-electron chi connectivity index (χ0n) is 8.22. The van der Waals surface area contributed by atoms with E-state index in [1.165, 1.54) is 0 Å². The number of nitrogen functional groups attached to an aromatic ring is 1. The summed E-state index contributed by atoms with van der Waals surface area (Å²) in [5.74, 6) is 0.0796. The molecule has 3 rings (SSSR count). The minimum Gasteiger partial charge on any atom is -0.399 e. The van der Waals surface area contributed by atoms with E-state index in [4.69, 9.17) is 10.5 Å². The highest BCUT2D eigenvalue weighted by Gasteiger charge is 2.46. The van der Waals surface area contributed by atoms with Gasteiger partial charge >= 0.3 is 0 Å². The number of carbonyl (C=O) groups is 1. The lowest BCUT2D eigenvalue weighted by Crippen LogP contribution is -2.41. The number of nitrogens with two attached hydrogens (primary N) is 1. The minimum atomic E-state index is -0.215. The summed E-state index contributed by atoms with van der Waals surface area (Å²) in [5.41, 5.74) is 7.24. The fourth-order valence-corrected chi connectivity index (χ4v) is 2.27. The quantitative estimate of drug-likeness (QED) is 0.687. The first-order valence-corrected chi connectivity index (χ1v) is 5.06. The lowest BCUT2D eigenvalue weighted by atomic mass is 10.2. The second-order valence-electron chi connectivity index (χ2n) is 4.01. The number of carbonyl (C=O) groups excluding carboxylic acids is 1. The molecule has 2 saturated heterocycles. The van der Waals surface area contributed by atoms with Crippen LogP contribution in [0.4, 0.5) is 11.4 Å². The van der Waals surface area contributed by atoms with Gasteiger partial charge in [-0.05, 0) is 24.3 Å². The molecule has 2 heterocycles. The average molecular weight is 204 g/mol. The molecule has 2 N–H and O–H groups in total. The lowest BCUT2D eigenvalue weighted by Gasteiger charge is -2.26. The Labute approximate surface area is 87.6 Å². The van der Waals surface area contributed by atoms with Crippen LogP contribution in [0.5, 0.6) is 0 Å². The highest BCUT2D eigenvalue weighted by atomic mass is 16.5. The Balaban J connectivity index is 1.94. The van der Waals surface area contributed by atoms with Crippen LogP contribution in [0.1, 0.15) is 6.42 Å². The Kier molecular flexibility index (Phi) is 1.73. The Bertz CT molecular complexity index is 402. The highest BCUT2D eigenvalue weighted by molar-refractivity contribution is 6.00. The summed E-state index contributed by atoms with van der Waals surface area (Å²) in [6, 6.07) is 7.61. The van der Waals surface area contributed by atoms with E-state index in [-0.39, 0.29) is 18.1 Å². The fourth-order valence-electron chi connectivity index (χ4n) is 2.27. The Morgan fingerprint density at radius 1 is 1.33 bits per heavy atom. The van der Waals surface area contributed by atoms with E-state index in [9.17, 15) is 4.79 Å². The highest BCUT2D eigenvalue weighted by Crippen LogP contribution is 2.33. The standard InChI is InChI=1S/C11H12N2O2/c12-7-1-3-8(4-2-7)13-9-5-10(11(13)14)15-6-9/h1-4,9-10H,5-6,12H2. The molecule has 15 heavy (non-hydrogen) atoms. The van der Waals surface area contributed by atoms with Gasteiger partial charge in [0, 0.05) is 17.8 Å². The van der Waals surface area contributed by atoms with Crippen LogP contribution >= 0.6 is 0 Å². The van der Waals surface area contributed by atoms with Crippen molar-refractivity contribution in [2.24, 2.45) is 0 Å². The number of hydrogen-bond donors (Lipinski definition) is 1. The van der Waals surface area contributed by atoms with E-state index < -0.39 is 0 Å². The molecule has 2 fully saturated rings. The van der Waals surface area contributed by atoms with Crippen LogP contribution in [0.3, 0.4) is 0 Å². The van der Waals surface area contributed by atoms with Crippen LogP contribution in [0.15, 0.2) is 24.3 Å². The molecule has 0 radical (unpaired) electrons. The molecule has 2 aliphatic rings. The van der Waals surface area contributed by atoms with E-state index in [2.05, 4.69) is 0 Å². The van der Waals surface area contributed by atoms with Crippen molar-refractivity contribution in [3.8, 4) is 0 Å². The van der Waals surface area contributed by atoms with Gasteiger partial charge in [0.25, 0.3) is 5.91 Å². The van der Waals surface area contributed by atoms with Gasteiger partial charge in [-0.1, -0.05) is 0 Å². The lowest BCUT2D eigenvalue weighted by molar-refractivity contribution is -0.128. The maximum absolute atomic E-state index is 11.8. The number of anilines is 2. The molecule has 2 bridgehead atoms. The van der Waals surface area contributed by atoms with Crippen molar-refractivity contribution >= 4 is 17.3 Å². The van der Waals surface area contributed by atoms with E-state index in [0.29, 0.717) is 12.3 Å². The summed E-state index contributed by atoms with van der Waals surface area (Å²) < 4.78 is 5.32. The van der Waals surface area contributed by atoms with Gasteiger partial charge in [-0.25, -0.2) is 0 Å². The number of morpholine rings is 1. The molecular weight excluding hydrogens is 192 g/mol. The third kappa shape index (κ3) is 1.22. The van der Waals surface area contributed by atoms with Crippen LogP contribution in [0.25, 0.3) is 0 Å². The summed E-state index contributed by atoms with van der Waals surface area (Å²) in [6.45, 7) is 0.654. The molecule has 4 heteroatoms. The summed E-state index contributed by atoms with van der Waals surface area (Å²) in [5, 5.41) is 0. The average Bonchev–Trinajstić information content (AvgIpc) is 2.80. The van der Waals surface area contributed by atoms with Gasteiger partial charge in [-0.2, -0.15) is 0 Å². The van der Waals surface area contributed by atoms with Gasteiger partial charge in [0.15, 0.2) is 0 Å². The van der Waals surface area contributed by atoms with Crippen molar-refractivity contribution in [3.63, 3.8) is 0 Å². The number of rotatable bonds is 1. The van der Waals surface area contributed by atoms with E-state index in [1.807, 2.05) is 29.2 Å². The molecule has 0 aromatic heterocycles. The second kappa shape index (κ2) is 2.97. The van der Waals surface area contributed by atoms with E-state index >= 15 is 0 Å². The number of benzene rings is 1. The van der Waals surface area contributed by atoms with E-state index in [1.54, 1.807) is 0 Å². The first-order chi connectivity index (χ1) is 7.25. The summed E-state index contributed by atoms with van der Waals surface area (Å²) in [6.07, 6.45) is 0.607. The molecule has 1 amide bonds. The number of amides is 1. The first kappa shape index (κ1) is 8.73. The number of hydrogen-bond acceptors (Lipinski definition) is 3. The molecule has 0 saturated carbocycles. The van der Waals surface area contributed by atoms with Crippen LogP contribution in [0.2, 0.25) is 0 Å². The molecule has 2 unspecified atom stereocenters. The monoisotopic (exact) mass is 204 g/mol. The Hall–Kier alpha value is -1.55. The maximum atomic E-state index is 11.8. The maximum Gasteiger partial charge on any atom is 0.256 e. The van der Waals surface area contributed by atoms with Gasteiger partial charge in [0.05, 0.1) is 12.6 Å². The van der Waals surface area contributed by atoms with Gasteiger partial charge in [0.1, 0.15) is 6.10 Å². The molecule has 0 aliphatic carbocycles. The zero-order chi connectivity index (χ0) is 10.4. The van der Waals surface area contributed by atoms with Crippen LogP contribution in [0, 0.1) is 0 Å². The normalized spacial score (nSPS) is 28.8. The Morgan fingerprint density at radius 3 is 2.67 bits per heavy atom.